The Morgan fingerprint density at radius 1 is 0.475 bits per heavy atom. The van der Waals surface area contributed by atoms with Gasteiger partial charge in [0.1, 0.15) is 0 Å². The number of benzene rings is 5. The number of hydrogen-bond donors (Lipinski definition) is 0. The summed E-state index contributed by atoms with van der Waals surface area (Å²) >= 11 is 1.86. The van der Waals surface area contributed by atoms with Crippen molar-refractivity contribution in [3.8, 4) is 22.4 Å². The maximum absolute atomic E-state index is 5.20. The molecule has 0 aliphatic carbocycles. The number of aromatic nitrogens is 3. The van der Waals surface area contributed by atoms with Crippen LogP contribution in [0.25, 0.3) is 80.7 Å². The molecule has 4 heteroatoms. The summed E-state index contributed by atoms with van der Waals surface area (Å²) in [6.45, 7) is 0. The van der Waals surface area contributed by atoms with E-state index in [0.29, 0.717) is 0 Å². The molecule has 0 N–H and O–H groups in total. The van der Waals surface area contributed by atoms with E-state index in [1.165, 1.54) is 41.7 Å². The van der Waals surface area contributed by atoms with Crippen LogP contribution in [0, 0.1) is 0 Å². The molecule has 0 saturated carbocycles. The van der Waals surface area contributed by atoms with Gasteiger partial charge in [-0.1, -0.05) is 91.0 Å². The lowest BCUT2D eigenvalue weighted by Gasteiger charge is -2.12. The normalized spacial score (nSPS) is 12.0. The third-order valence-electron chi connectivity index (χ3n) is 8.02. The quantitative estimate of drug-likeness (QED) is 0.209. The number of thiophene rings is 1. The Morgan fingerprint density at radius 3 is 2.05 bits per heavy atom. The van der Waals surface area contributed by atoms with Crippen LogP contribution in [-0.2, 0) is 0 Å². The second kappa shape index (κ2) is 8.22. The predicted molar refractivity (Wildman–Crippen MR) is 169 cm³/mol. The second-order valence-corrected chi connectivity index (χ2v) is 11.4. The standard InChI is InChI=1S/C36H21N3S/c1-5-11-30-25(7-1)31-19-17-24(21-39(31)38-30)22-13-15-23(16-14-22)36-28-18-20-33-35(27-9-3-6-12-32(27)40-33)34(28)26-8-2-4-10-29(26)37-36/h1-21H. The predicted octanol–water partition coefficient (Wildman–Crippen LogP) is 9.89. The van der Waals surface area contributed by atoms with Gasteiger partial charge < -0.3 is 0 Å². The first-order valence-electron chi connectivity index (χ1n) is 13.4. The highest BCUT2D eigenvalue weighted by atomic mass is 32.1. The van der Waals surface area contributed by atoms with E-state index in [9.17, 15) is 0 Å². The van der Waals surface area contributed by atoms with Crippen LogP contribution in [0.3, 0.4) is 0 Å². The molecule has 4 heterocycles. The summed E-state index contributed by atoms with van der Waals surface area (Å²) in [4.78, 5) is 5.20. The highest BCUT2D eigenvalue weighted by molar-refractivity contribution is 7.26. The van der Waals surface area contributed by atoms with E-state index >= 15 is 0 Å². The molecule has 40 heavy (non-hydrogen) atoms. The summed E-state index contributed by atoms with van der Waals surface area (Å²) in [5.41, 5.74) is 7.58. The van der Waals surface area contributed by atoms with Crippen LogP contribution in [0.1, 0.15) is 0 Å². The van der Waals surface area contributed by atoms with E-state index in [4.69, 9.17) is 10.1 Å². The average molecular weight is 528 g/mol. The molecule has 9 aromatic rings. The zero-order chi connectivity index (χ0) is 26.2. The third-order valence-corrected chi connectivity index (χ3v) is 9.16. The molecule has 0 unspecified atom stereocenters. The third kappa shape index (κ3) is 3.11. The Balaban J connectivity index is 1.24. The smallest absolute Gasteiger partial charge is 0.0933 e. The molecule has 9 rings (SSSR count). The van der Waals surface area contributed by atoms with E-state index in [1.807, 2.05) is 21.9 Å². The molecule has 0 aliphatic rings. The first-order chi connectivity index (χ1) is 19.8. The number of nitrogens with zero attached hydrogens (tertiary/aromatic N) is 3. The summed E-state index contributed by atoms with van der Waals surface area (Å²) in [5.74, 6) is 0. The Morgan fingerprint density at radius 2 is 1.18 bits per heavy atom. The van der Waals surface area contributed by atoms with Gasteiger partial charge in [-0.05, 0) is 35.9 Å². The highest BCUT2D eigenvalue weighted by Crippen LogP contribution is 2.43. The van der Waals surface area contributed by atoms with Crippen molar-refractivity contribution in [1.29, 1.82) is 0 Å². The van der Waals surface area contributed by atoms with Gasteiger partial charge in [-0.3, -0.25) is 0 Å². The van der Waals surface area contributed by atoms with E-state index in [0.717, 1.165) is 38.9 Å². The maximum atomic E-state index is 5.20. The minimum atomic E-state index is 1.01. The molecule has 0 saturated heterocycles. The van der Waals surface area contributed by atoms with Crippen LogP contribution in [0.15, 0.2) is 128 Å². The van der Waals surface area contributed by atoms with Crippen molar-refractivity contribution in [2.45, 2.75) is 0 Å². The van der Waals surface area contributed by atoms with Crippen LogP contribution in [0.4, 0.5) is 0 Å². The van der Waals surface area contributed by atoms with E-state index in [-0.39, 0.29) is 0 Å². The van der Waals surface area contributed by atoms with Crippen LogP contribution >= 0.6 is 11.3 Å². The van der Waals surface area contributed by atoms with Gasteiger partial charge in [-0.2, -0.15) is 5.10 Å². The molecule has 3 nitrogen and oxygen atoms in total. The minimum Gasteiger partial charge on any atom is -0.247 e. The lowest BCUT2D eigenvalue weighted by molar-refractivity contribution is 0.983. The lowest BCUT2D eigenvalue weighted by atomic mass is 9.95. The number of rotatable bonds is 2. The molecule has 5 aromatic carbocycles. The molecule has 0 bridgehead atoms. The number of hydrogen-bond acceptors (Lipinski definition) is 3. The summed E-state index contributed by atoms with van der Waals surface area (Å²) in [5, 5.41) is 12.3. The first-order valence-corrected chi connectivity index (χ1v) is 14.2. The fourth-order valence-electron chi connectivity index (χ4n) is 6.15. The molecule has 0 fully saturated rings. The van der Waals surface area contributed by atoms with Crippen molar-refractivity contribution in [1.82, 2.24) is 14.6 Å². The summed E-state index contributed by atoms with van der Waals surface area (Å²) in [6, 6.07) is 43.2. The molecule has 0 spiro atoms. The van der Waals surface area contributed by atoms with Gasteiger partial charge in [-0.15, -0.1) is 11.3 Å². The molecule has 0 aliphatic heterocycles. The molecule has 0 amide bonds. The SMILES string of the molecule is c1ccc2c(c1)nc(-c1ccc(-c3ccc4c5ccccc5nn4c3)cc1)c1ccc3sc4ccccc4c3c12. The van der Waals surface area contributed by atoms with E-state index < -0.39 is 0 Å². The summed E-state index contributed by atoms with van der Waals surface area (Å²) in [6.07, 6.45) is 2.12. The molecule has 186 valence electrons. The molecular weight excluding hydrogens is 506 g/mol. The Bertz CT molecular complexity index is 2430. The van der Waals surface area contributed by atoms with E-state index in [2.05, 4.69) is 121 Å². The number of para-hydroxylation sites is 1. The Hall–Kier alpha value is -5.06. The van der Waals surface area contributed by atoms with Crippen molar-refractivity contribution in [3.63, 3.8) is 0 Å². The molecule has 0 radical (unpaired) electrons. The van der Waals surface area contributed by atoms with Crippen LogP contribution in [0.2, 0.25) is 0 Å². The van der Waals surface area contributed by atoms with Crippen LogP contribution in [-0.4, -0.2) is 14.6 Å². The van der Waals surface area contributed by atoms with Gasteiger partial charge >= 0.3 is 0 Å². The van der Waals surface area contributed by atoms with Crippen molar-refractivity contribution in [2.75, 3.05) is 0 Å². The summed E-state index contributed by atoms with van der Waals surface area (Å²) in [7, 11) is 0. The average Bonchev–Trinajstić information content (AvgIpc) is 3.58. The maximum Gasteiger partial charge on any atom is 0.0933 e. The fourth-order valence-corrected chi connectivity index (χ4v) is 7.26. The van der Waals surface area contributed by atoms with Crippen molar-refractivity contribution >= 4 is 69.6 Å². The Labute approximate surface area is 233 Å². The monoisotopic (exact) mass is 527 g/mol. The van der Waals surface area contributed by atoms with Crippen LogP contribution in [0.5, 0.6) is 0 Å². The van der Waals surface area contributed by atoms with E-state index in [1.54, 1.807) is 0 Å². The molecule has 4 aromatic heterocycles. The van der Waals surface area contributed by atoms with Crippen molar-refractivity contribution in [2.24, 2.45) is 0 Å². The Kier molecular flexibility index (Phi) is 4.48. The van der Waals surface area contributed by atoms with Crippen molar-refractivity contribution < 1.29 is 0 Å². The first kappa shape index (κ1) is 21.8. The molecular formula is C36H21N3S. The largest absolute Gasteiger partial charge is 0.247 e. The van der Waals surface area contributed by atoms with Gasteiger partial charge in [-0.25, -0.2) is 9.50 Å². The zero-order valence-electron chi connectivity index (χ0n) is 21.4. The van der Waals surface area contributed by atoms with Gasteiger partial charge in [0.05, 0.1) is 22.2 Å². The van der Waals surface area contributed by atoms with Gasteiger partial charge in [0.25, 0.3) is 0 Å². The minimum absolute atomic E-state index is 1.01. The second-order valence-electron chi connectivity index (χ2n) is 10.3. The van der Waals surface area contributed by atoms with Gasteiger partial charge in [0.2, 0.25) is 0 Å². The summed E-state index contributed by atoms with van der Waals surface area (Å²) < 4.78 is 4.62. The number of pyridine rings is 2. The molecule has 0 atom stereocenters. The highest BCUT2D eigenvalue weighted by Gasteiger charge is 2.16. The van der Waals surface area contributed by atoms with Crippen LogP contribution < -0.4 is 0 Å². The number of fused-ring (bicyclic) bond motifs is 10. The zero-order valence-corrected chi connectivity index (χ0v) is 22.2. The lowest BCUT2D eigenvalue weighted by Crippen LogP contribution is -1.91. The van der Waals surface area contributed by atoms with Gasteiger partial charge in [0, 0.05) is 59.0 Å². The fraction of sp³-hybridized carbons (Fsp3) is 0. The van der Waals surface area contributed by atoms with Crippen molar-refractivity contribution in [3.05, 3.63) is 128 Å². The van der Waals surface area contributed by atoms with Gasteiger partial charge in [0.15, 0.2) is 0 Å². The topological polar surface area (TPSA) is 30.2 Å².